The summed E-state index contributed by atoms with van der Waals surface area (Å²) in [4.78, 5) is 0. The third-order valence-corrected chi connectivity index (χ3v) is 4.39. The lowest BCUT2D eigenvalue weighted by Crippen LogP contribution is -2.17. The first-order valence-electron chi connectivity index (χ1n) is 9.95. The first-order valence-corrected chi connectivity index (χ1v) is 10.3. The lowest BCUT2D eigenvalue weighted by atomic mass is 10.1. The van der Waals surface area contributed by atoms with Crippen LogP contribution in [0.2, 0.25) is 5.02 Å². The van der Waals surface area contributed by atoms with Gasteiger partial charge in [0.2, 0.25) is 0 Å². The fraction of sp³-hybridized carbons (Fsp3) is 0.478. The van der Waals surface area contributed by atoms with Crippen molar-refractivity contribution in [3.63, 3.8) is 0 Å². The van der Waals surface area contributed by atoms with Crippen molar-refractivity contribution in [3.8, 4) is 11.5 Å². The standard InChI is InChI=1S/C23H32ClNO3/c1-5-26-22-14-20(15-25-10-7-11-27-17(2)3)13-21(24)23(22)28-16-19-9-6-8-18(4)12-19/h6,8-9,12-14,17,25H,5,7,10-11,15-16H2,1-4H3. The van der Waals surface area contributed by atoms with Gasteiger partial charge in [-0.2, -0.15) is 0 Å². The molecule has 154 valence electrons. The van der Waals surface area contributed by atoms with E-state index in [1.165, 1.54) is 5.56 Å². The maximum atomic E-state index is 6.51. The Labute approximate surface area is 174 Å². The summed E-state index contributed by atoms with van der Waals surface area (Å²) in [6.45, 7) is 11.5. The highest BCUT2D eigenvalue weighted by Crippen LogP contribution is 2.37. The van der Waals surface area contributed by atoms with Gasteiger partial charge in [-0.3, -0.25) is 0 Å². The first-order chi connectivity index (χ1) is 13.5. The Morgan fingerprint density at radius 2 is 1.89 bits per heavy atom. The number of hydrogen-bond donors (Lipinski definition) is 1. The molecule has 0 radical (unpaired) electrons. The Hall–Kier alpha value is -1.75. The van der Waals surface area contributed by atoms with E-state index in [-0.39, 0.29) is 6.10 Å². The molecule has 28 heavy (non-hydrogen) atoms. The Morgan fingerprint density at radius 1 is 1.07 bits per heavy atom. The minimum absolute atomic E-state index is 0.278. The number of nitrogens with one attached hydrogen (secondary N) is 1. The predicted octanol–water partition coefficient (Wildman–Crippen LogP) is 5.53. The average molecular weight is 406 g/mol. The zero-order valence-corrected chi connectivity index (χ0v) is 18.1. The second-order valence-electron chi connectivity index (χ2n) is 7.07. The molecule has 0 aliphatic rings. The molecule has 0 fully saturated rings. The highest BCUT2D eigenvalue weighted by molar-refractivity contribution is 6.32. The van der Waals surface area contributed by atoms with E-state index in [4.69, 9.17) is 25.8 Å². The number of rotatable bonds is 12. The molecule has 2 aromatic carbocycles. The van der Waals surface area contributed by atoms with Gasteiger partial charge in [-0.1, -0.05) is 41.4 Å². The molecular weight excluding hydrogens is 374 g/mol. The van der Waals surface area contributed by atoms with Crippen molar-refractivity contribution in [2.24, 2.45) is 0 Å². The van der Waals surface area contributed by atoms with E-state index in [0.717, 1.165) is 37.2 Å². The van der Waals surface area contributed by atoms with Gasteiger partial charge in [0.15, 0.2) is 11.5 Å². The summed E-state index contributed by atoms with van der Waals surface area (Å²) in [6, 6.07) is 12.2. The van der Waals surface area contributed by atoms with Gasteiger partial charge in [0.05, 0.1) is 17.7 Å². The van der Waals surface area contributed by atoms with Gasteiger partial charge < -0.3 is 19.5 Å². The van der Waals surface area contributed by atoms with Crippen LogP contribution in [0.3, 0.4) is 0 Å². The van der Waals surface area contributed by atoms with E-state index >= 15 is 0 Å². The summed E-state index contributed by atoms with van der Waals surface area (Å²) >= 11 is 6.51. The number of aryl methyl sites for hydroxylation is 1. The van der Waals surface area contributed by atoms with Crippen LogP contribution in [-0.4, -0.2) is 25.9 Å². The maximum Gasteiger partial charge on any atom is 0.180 e. The third-order valence-electron chi connectivity index (χ3n) is 4.11. The van der Waals surface area contributed by atoms with E-state index in [1.807, 2.05) is 45.0 Å². The molecule has 0 spiro atoms. The summed E-state index contributed by atoms with van der Waals surface area (Å²) in [6.07, 6.45) is 1.25. The van der Waals surface area contributed by atoms with Crippen LogP contribution in [0.15, 0.2) is 36.4 Å². The summed E-state index contributed by atoms with van der Waals surface area (Å²) < 4.78 is 17.3. The summed E-state index contributed by atoms with van der Waals surface area (Å²) in [5.41, 5.74) is 3.38. The Bertz CT molecular complexity index is 734. The fourth-order valence-corrected chi connectivity index (χ4v) is 3.12. The van der Waals surface area contributed by atoms with Crippen LogP contribution in [-0.2, 0) is 17.9 Å². The van der Waals surface area contributed by atoms with Gasteiger partial charge in [0.25, 0.3) is 0 Å². The lowest BCUT2D eigenvalue weighted by molar-refractivity contribution is 0.0770. The second-order valence-corrected chi connectivity index (χ2v) is 7.47. The molecule has 0 saturated carbocycles. The van der Waals surface area contributed by atoms with Crippen molar-refractivity contribution in [2.45, 2.75) is 53.4 Å². The molecule has 0 saturated heterocycles. The number of halogens is 1. The Kier molecular flexibility index (Phi) is 9.62. The first kappa shape index (κ1) is 22.5. The molecule has 0 bridgehead atoms. The zero-order chi connectivity index (χ0) is 20.4. The van der Waals surface area contributed by atoms with Crippen LogP contribution in [0, 0.1) is 6.92 Å². The van der Waals surface area contributed by atoms with Gasteiger partial charge in [-0.05, 0) is 63.9 Å². The van der Waals surface area contributed by atoms with Crippen LogP contribution in [0.25, 0.3) is 0 Å². The average Bonchev–Trinajstić information content (AvgIpc) is 2.64. The van der Waals surface area contributed by atoms with Crippen LogP contribution in [0.1, 0.15) is 43.9 Å². The minimum Gasteiger partial charge on any atom is -0.490 e. The smallest absolute Gasteiger partial charge is 0.180 e. The molecule has 1 N–H and O–H groups in total. The lowest BCUT2D eigenvalue weighted by Gasteiger charge is -2.16. The van der Waals surface area contributed by atoms with Crippen LogP contribution >= 0.6 is 11.6 Å². The van der Waals surface area contributed by atoms with Gasteiger partial charge in [-0.15, -0.1) is 0 Å². The molecule has 0 heterocycles. The molecule has 0 amide bonds. The molecule has 2 rings (SSSR count). The maximum absolute atomic E-state index is 6.51. The molecule has 4 nitrogen and oxygen atoms in total. The Balaban J connectivity index is 1.96. The highest BCUT2D eigenvalue weighted by atomic mass is 35.5. The number of benzene rings is 2. The van der Waals surface area contributed by atoms with Crippen molar-refractivity contribution in [2.75, 3.05) is 19.8 Å². The molecule has 5 heteroatoms. The van der Waals surface area contributed by atoms with Crippen molar-refractivity contribution < 1.29 is 14.2 Å². The molecule has 0 aromatic heterocycles. The number of ether oxygens (including phenoxy) is 3. The highest BCUT2D eigenvalue weighted by Gasteiger charge is 2.13. The molecule has 0 atom stereocenters. The number of hydrogen-bond acceptors (Lipinski definition) is 4. The molecular formula is C23H32ClNO3. The van der Waals surface area contributed by atoms with Gasteiger partial charge in [0, 0.05) is 13.2 Å². The molecule has 0 aliphatic heterocycles. The monoisotopic (exact) mass is 405 g/mol. The van der Waals surface area contributed by atoms with Crippen LogP contribution < -0.4 is 14.8 Å². The molecule has 0 aliphatic carbocycles. The quantitative estimate of drug-likeness (QED) is 0.471. The largest absolute Gasteiger partial charge is 0.490 e. The predicted molar refractivity (Wildman–Crippen MR) is 116 cm³/mol. The van der Waals surface area contributed by atoms with E-state index < -0.39 is 0 Å². The second kappa shape index (κ2) is 11.9. The van der Waals surface area contributed by atoms with Crippen LogP contribution in [0.4, 0.5) is 0 Å². The van der Waals surface area contributed by atoms with E-state index in [2.05, 4.69) is 24.4 Å². The van der Waals surface area contributed by atoms with Crippen molar-refractivity contribution in [1.29, 1.82) is 0 Å². The summed E-state index contributed by atoms with van der Waals surface area (Å²) in [7, 11) is 0. The summed E-state index contributed by atoms with van der Waals surface area (Å²) in [5.74, 6) is 1.28. The summed E-state index contributed by atoms with van der Waals surface area (Å²) in [5, 5.41) is 3.99. The van der Waals surface area contributed by atoms with Gasteiger partial charge in [0.1, 0.15) is 6.61 Å². The normalized spacial score (nSPS) is 11.1. The van der Waals surface area contributed by atoms with E-state index in [0.29, 0.717) is 29.7 Å². The van der Waals surface area contributed by atoms with Gasteiger partial charge in [-0.25, -0.2) is 0 Å². The van der Waals surface area contributed by atoms with Gasteiger partial charge >= 0.3 is 0 Å². The van der Waals surface area contributed by atoms with Crippen molar-refractivity contribution >= 4 is 11.6 Å². The third kappa shape index (κ3) is 7.70. The van der Waals surface area contributed by atoms with E-state index in [9.17, 15) is 0 Å². The van der Waals surface area contributed by atoms with Crippen molar-refractivity contribution in [1.82, 2.24) is 5.32 Å². The Morgan fingerprint density at radius 3 is 2.61 bits per heavy atom. The van der Waals surface area contributed by atoms with Crippen molar-refractivity contribution in [3.05, 3.63) is 58.1 Å². The van der Waals surface area contributed by atoms with E-state index in [1.54, 1.807) is 0 Å². The zero-order valence-electron chi connectivity index (χ0n) is 17.4. The topological polar surface area (TPSA) is 39.7 Å². The van der Waals surface area contributed by atoms with Crippen LogP contribution in [0.5, 0.6) is 11.5 Å². The SMILES string of the molecule is CCOc1cc(CNCCCOC(C)C)cc(Cl)c1OCc1cccc(C)c1. The fourth-order valence-electron chi connectivity index (χ4n) is 2.83. The molecule has 0 unspecified atom stereocenters. The minimum atomic E-state index is 0.278. The molecule has 2 aromatic rings.